The molecule has 0 unspecified atom stereocenters. The van der Waals surface area contributed by atoms with Gasteiger partial charge in [0.25, 0.3) is 10.0 Å². The molecule has 0 heterocycles. The highest BCUT2D eigenvalue weighted by Gasteiger charge is 2.17. The van der Waals surface area contributed by atoms with Gasteiger partial charge >= 0.3 is 5.97 Å². The number of aromatic carboxylic acids is 1. The first-order valence-electron chi connectivity index (χ1n) is 8.95. The lowest BCUT2D eigenvalue weighted by Crippen LogP contribution is -2.14. The molecule has 5 nitrogen and oxygen atoms in total. The van der Waals surface area contributed by atoms with Crippen LogP contribution in [0, 0.1) is 12.7 Å². The van der Waals surface area contributed by atoms with Gasteiger partial charge in [0.05, 0.1) is 10.5 Å². The van der Waals surface area contributed by atoms with Gasteiger partial charge in [-0.2, -0.15) is 0 Å². The number of sulfonamides is 1. The highest BCUT2D eigenvalue weighted by Crippen LogP contribution is 2.21. The summed E-state index contributed by atoms with van der Waals surface area (Å²) in [4.78, 5) is 10.8. The SMILES string of the molecule is Cc1ccc(F)cc1S(=O)(=O)Nc1ccc(CCc2ccc(C(=O)O)cc2)cc1. The van der Waals surface area contributed by atoms with Gasteiger partial charge in [-0.1, -0.05) is 30.3 Å². The van der Waals surface area contributed by atoms with Crippen LogP contribution in [0.3, 0.4) is 0 Å². The number of anilines is 1. The molecule has 0 amide bonds. The normalized spacial score (nSPS) is 11.2. The Morgan fingerprint density at radius 3 is 2.03 bits per heavy atom. The van der Waals surface area contributed by atoms with Crippen molar-refractivity contribution in [3.05, 3.63) is 94.8 Å². The summed E-state index contributed by atoms with van der Waals surface area (Å²) in [5.74, 6) is -1.56. The lowest BCUT2D eigenvalue weighted by molar-refractivity contribution is 0.0697. The van der Waals surface area contributed by atoms with Crippen molar-refractivity contribution >= 4 is 21.7 Å². The lowest BCUT2D eigenvalue weighted by Gasteiger charge is -2.11. The van der Waals surface area contributed by atoms with E-state index in [0.717, 1.165) is 30.0 Å². The van der Waals surface area contributed by atoms with E-state index < -0.39 is 21.8 Å². The first kappa shape index (κ1) is 20.5. The van der Waals surface area contributed by atoms with Gasteiger partial charge in [0, 0.05) is 5.69 Å². The van der Waals surface area contributed by atoms with Crippen molar-refractivity contribution in [2.24, 2.45) is 0 Å². The van der Waals surface area contributed by atoms with Crippen molar-refractivity contribution in [1.29, 1.82) is 0 Å². The smallest absolute Gasteiger partial charge is 0.335 e. The lowest BCUT2D eigenvalue weighted by atomic mass is 10.0. The van der Waals surface area contributed by atoms with E-state index in [1.165, 1.54) is 12.1 Å². The molecule has 0 saturated heterocycles. The summed E-state index contributed by atoms with van der Waals surface area (Å²) in [6, 6.07) is 17.3. The Morgan fingerprint density at radius 2 is 1.48 bits per heavy atom. The fourth-order valence-electron chi connectivity index (χ4n) is 2.92. The highest BCUT2D eigenvalue weighted by molar-refractivity contribution is 7.92. The molecule has 0 aliphatic rings. The van der Waals surface area contributed by atoms with Crippen LogP contribution in [0.5, 0.6) is 0 Å². The molecule has 7 heteroatoms. The predicted molar refractivity (Wildman–Crippen MR) is 109 cm³/mol. The number of hydrogen-bond donors (Lipinski definition) is 2. The van der Waals surface area contributed by atoms with E-state index in [1.54, 1.807) is 43.3 Å². The van der Waals surface area contributed by atoms with Gasteiger partial charge in [-0.3, -0.25) is 4.72 Å². The highest BCUT2D eigenvalue weighted by atomic mass is 32.2. The number of carboxylic acid groups (broad SMARTS) is 1. The zero-order valence-corrected chi connectivity index (χ0v) is 16.5. The first-order chi connectivity index (χ1) is 13.7. The predicted octanol–water partition coefficient (Wildman–Crippen LogP) is 4.42. The van der Waals surface area contributed by atoms with E-state index in [1.807, 2.05) is 12.1 Å². The van der Waals surface area contributed by atoms with Gasteiger partial charge in [-0.25, -0.2) is 17.6 Å². The summed E-state index contributed by atoms with van der Waals surface area (Å²) in [6.45, 7) is 1.61. The number of nitrogens with one attached hydrogen (secondary N) is 1. The molecular weight excluding hydrogens is 393 g/mol. The second kappa shape index (κ2) is 8.45. The van der Waals surface area contributed by atoms with E-state index in [0.29, 0.717) is 11.3 Å². The minimum Gasteiger partial charge on any atom is -0.478 e. The summed E-state index contributed by atoms with van der Waals surface area (Å²) in [5.41, 5.74) is 3.13. The van der Waals surface area contributed by atoms with Crippen molar-refractivity contribution in [1.82, 2.24) is 0 Å². The quantitative estimate of drug-likeness (QED) is 0.601. The molecule has 3 aromatic carbocycles. The summed E-state index contributed by atoms with van der Waals surface area (Å²) in [5, 5.41) is 8.92. The number of rotatable bonds is 7. The standard InChI is InChI=1S/C22H20FNO4S/c1-15-2-11-19(23)14-21(15)29(27,28)24-20-12-7-17(8-13-20)4-3-16-5-9-18(10-6-16)22(25)26/h2,5-14,24H,3-4H2,1H3,(H,25,26). The van der Waals surface area contributed by atoms with Crippen molar-refractivity contribution in [2.45, 2.75) is 24.7 Å². The maximum Gasteiger partial charge on any atom is 0.335 e. The fraction of sp³-hybridized carbons (Fsp3) is 0.136. The summed E-state index contributed by atoms with van der Waals surface area (Å²) < 4.78 is 41.0. The van der Waals surface area contributed by atoms with Gasteiger partial charge in [0.15, 0.2) is 0 Å². The molecule has 0 saturated carbocycles. The molecule has 0 spiro atoms. The third kappa shape index (κ3) is 5.20. The van der Waals surface area contributed by atoms with Gasteiger partial charge in [0.2, 0.25) is 0 Å². The van der Waals surface area contributed by atoms with Crippen LogP contribution in [0.25, 0.3) is 0 Å². The van der Waals surface area contributed by atoms with Crippen LogP contribution >= 0.6 is 0 Å². The number of carbonyl (C=O) groups is 1. The molecule has 150 valence electrons. The molecule has 0 bridgehead atoms. The molecule has 0 fully saturated rings. The second-order valence-electron chi connectivity index (χ2n) is 6.71. The summed E-state index contributed by atoms with van der Waals surface area (Å²) in [6.07, 6.45) is 1.45. The Hall–Kier alpha value is -3.19. The molecular formula is C22H20FNO4S. The molecule has 0 aliphatic heterocycles. The molecule has 0 aliphatic carbocycles. The van der Waals surface area contributed by atoms with Crippen LogP contribution in [0.1, 0.15) is 27.0 Å². The maximum atomic E-state index is 13.4. The molecule has 0 radical (unpaired) electrons. The van der Waals surface area contributed by atoms with Crippen molar-refractivity contribution < 1.29 is 22.7 Å². The van der Waals surface area contributed by atoms with Crippen LogP contribution < -0.4 is 4.72 Å². The molecule has 3 aromatic rings. The topological polar surface area (TPSA) is 83.5 Å². The number of halogens is 1. The Labute approximate surface area is 168 Å². The molecule has 0 aromatic heterocycles. The zero-order chi connectivity index (χ0) is 21.0. The van der Waals surface area contributed by atoms with Crippen LogP contribution in [0.2, 0.25) is 0 Å². The Bertz CT molecular complexity index is 1120. The maximum absolute atomic E-state index is 13.4. The van der Waals surface area contributed by atoms with Crippen molar-refractivity contribution in [2.75, 3.05) is 4.72 Å². The van der Waals surface area contributed by atoms with Crippen molar-refractivity contribution in [3.8, 4) is 0 Å². The van der Waals surface area contributed by atoms with Gasteiger partial charge in [-0.05, 0) is 72.9 Å². The zero-order valence-electron chi connectivity index (χ0n) is 15.7. The molecule has 2 N–H and O–H groups in total. The summed E-state index contributed by atoms with van der Waals surface area (Å²) >= 11 is 0. The molecule has 29 heavy (non-hydrogen) atoms. The van der Waals surface area contributed by atoms with E-state index in [4.69, 9.17) is 5.11 Å². The fourth-order valence-corrected chi connectivity index (χ4v) is 4.23. The van der Waals surface area contributed by atoms with Gasteiger partial charge < -0.3 is 5.11 Å². The van der Waals surface area contributed by atoms with E-state index >= 15 is 0 Å². The Balaban J connectivity index is 1.65. The molecule has 3 rings (SSSR count). The van der Waals surface area contributed by atoms with Gasteiger partial charge in [0.1, 0.15) is 5.82 Å². The van der Waals surface area contributed by atoms with E-state index in [2.05, 4.69) is 4.72 Å². The second-order valence-corrected chi connectivity index (χ2v) is 8.37. The number of benzene rings is 3. The number of hydrogen-bond acceptors (Lipinski definition) is 3. The third-order valence-corrected chi connectivity index (χ3v) is 6.07. The largest absolute Gasteiger partial charge is 0.478 e. The monoisotopic (exact) mass is 413 g/mol. The van der Waals surface area contributed by atoms with Crippen LogP contribution in [0.4, 0.5) is 10.1 Å². The molecule has 0 atom stereocenters. The first-order valence-corrected chi connectivity index (χ1v) is 10.4. The Morgan fingerprint density at radius 1 is 0.931 bits per heavy atom. The average Bonchev–Trinajstić information content (AvgIpc) is 2.69. The Kier molecular flexibility index (Phi) is 5.98. The number of carboxylic acids is 1. The van der Waals surface area contributed by atoms with Crippen LogP contribution in [-0.2, 0) is 22.9 Å². The third-order valence-electron chi connectivity index (χ3n) is 4.55. The van der Waals surface area contributed by atoms with Gasteiger partial charge in [-0.15, -0.1) is 0 Å². The average molecular weight is 413 g/mol. The van der Waals surface area contributed by atoms with E-state index in [-0.39, 0.29) is 10.5 Å². The van der Waals surface area contributed by atoms with Crippen LogP contribution in [0.15, 0.2) is 71.6 Å². The number of aryl methyl sites for hydroxylation is 3. The minimum absolute atomic E-state index is 0.0913. The van der Waals surface area contributed by atoms with E-state index in [9.17, 15) is 17.6 Å². The van der Waals surface area contributed by atoms with Crippen molar-refractivity contribution in [3.63, 3.8) is 0 Å². The minimum atomic E-state index is -3.88. The summed E-state index contributed by atoms with van der Waals surface area (Å²) in [7, 11) is -3.88. The van der Waals surface area contributed by atoms with Crippen LogP contribution in [-0.4, -0.2) is 19.5 Å².